The van der Waals surface area contributed by atoms with E-state index in [9.17, 15) is 9.59 Å². The summed E-state index contributed by atoms with van der Waals surface area (Å²) < 4.78 is 0. The highest BCUT2D eigenvalue weighted by Gasteiger charge is 2.26. The number of hydrogen-bond acceptors (Lipinski definition) is 3. The summed E-state index contributed by atoms with van der Waals surface area (Å²) in [4.78, 5) is 27.4. The monoisotopic (exact) mass is 412 g/mol. The Morgan fingerprint density at radius 3 is 2.41 bits per heavy atom. The lowest BCUT2D eigenvalue weighted by molar-refractivity contribution is -0.138. The molecule has 2 aromatic carbocycles. The Labute approximate surface area is 179 Å². The number of rotatable bonds is 9. The molecule has 0 saturated carbocycles. The quantitative estimate of drug-likeness (QED) is 0.661. The van der Waals surface area contributed by atoms with E-state index >= 15 is 0 Å². The minimum atomic E-state index is -0.524. The summed E-state index contributed by atoms with van der Waals surface area (Å²) in [6.07, 6.45) is 0. The molecule has 5 heteroatoms. The van der Waals surface area contributed by atoms with Gasteiger partial charge in [0.1, 0.15) is 6.04 Å². The second-order valence-corrected chi connectivity index (χ2v) is 8.75. The number of benzene rings is 2. The highest BCUT2D eigenvalue weighted by atomic mass is 32.2. The SMILES string of the molecule is Cc1cccc(CSCC(=O)N(Cc2ccccc2C)[C@@H](C)C(=O)NC(C)C)c1. The smallest absolute Gasteiger partial charge is 0.242 e. The van der Waals surface area contributed by atoms with E-state index in [1.54, 1.807) is 23.6 Å². The highest BCUT2D eigenvalue weighted by molar-refractivity contribution is 7.99. The number of thioether (sulfide) groups is 1. The van der Waals surface area contributed by atoms with Crippen molar-refractivity contribution in [1.29, 1.82) is 0 Å². The molecule has 2 amide bonds. The van der Waals surface area contributed by atoms with Gasteiger partial charge in [-0.25, -0.2) is 0 Å². The predicted octanol–water partition coefficient (Wildman–Crippen LogP) is 4.48. The number of nitrogens with one attached hydrogen (secondary N) is 1. The molecule has 0 fully saturated rings. The van der Waals surface area contributed by atoms with E-state index in [2.05, 4.69) is 30.4 Å². The van der Waals surface area contributed by atoms with Gasteiger partial charge in [0.2, 0.25) is 11.8 Å². The molecule has 1 atom stereocenters. The van der Waals surface area contributed by atoms with Gasteiger partial charge in [-0.3, -0.25) is 9.59 Å². The molecule has 1 N–H and O–H groups in total. The van der Waals surface area contributed by atoms with Gasteiger partial charge in [0.15, 0.2) is 0 Å². The Bertz CT molecular complexity index is 835. The summed E-state index contributed by atoms with van der Waals surface area (Å²) in [5.74, 6) is 0.986. The summed E-state index contributed by atoms with van der Waals surface area (Å²) in [5.41, 5.74) is 4.61. The van der Waals surface area contributed by atoms with Crippen molar-refractivity contribution in [3.63, 3.8) is 0 Å². The topological polar surface area (TPSA) is 49.4 Å². The zero-order valence-corrected chi connectivity index (χ0v) is 18.9. The van der Waals surface area contributed by atoms with E-state index in [4.69, 9.17) is 0 Å². The minimum Gasteiger partial charge on any atom is -0.352 e. The lowest BCUT2D eigenvalue weighted by Crippen LogP contribution is -2.49. The van der Waals surface area contributed by atoms with Gasteiger partial charge < -0.3 is 10.2 Å². The van der Waals surface area contributed by atoms with Crippen molar-refractivity contribution >= 4 is 23.6 Å². The third kappa shape index (κ3) is 7.24. The maximum absolute atomic E-state index is 13.1. The molecule has 4 nitrogen and oxygen atoms in total. The zero-order valence-electron chi connectivity index (χ0n) is 18.1. The van der Waals surface area contributed by atoms with Gasteiger partial charge in [0.25, 0.3) is 0 Å². The fourth-order valence-corrected chi connectivity index (χ4v) is 3.96. The largest absolute Gasteiger partial charge is 0.352 e. The third-order valence-corrected chi connectivity index (χ3v) is 5.77. The van der Waals surface area contributed by atoms with E-state index in [-0.39, 0.29) is 17.9 Å². The van der Waals surface area contributed by atoms with Crippen molar-refractivity contribution < 1.29 is 9.59 Å². The Hall–Kier alpha value is -2.27. The molecule has 0 aromatic heterocycles. The number of hydrogen-bond donors (Lipinski definition) is 1. The van der Waals surface area contributed by atoms with Crippen LogP contribution in [0.3, 0.4) is 0 Å². The van der Waals surface area contributed by atoms with Gasteiger partial charge in [-0.1, -0.05) is 54.1 Å². The summed E-state index contributed by atoms with van der Waals surface area (Å²) in [6, 6.07) is 15.8. The molecule has 2 rings (SSSR count). The van der Waals surface area contributed by atoms with Crippen LogP contribution in [-0.4, -0.2) is 34.6 Å². The average molecular weight is 413 g/mol. The van der Waals surface area contributed by atoms with Crippen molar-refractivity contribution in [2.45, 2.75) is 59.0 Å². The van der Waals surface area contributed by atoms with Crippen LogP contribution in [0.1, 0.15) is 43.0 Å². The number of amides is 2. The van der Waals surface area contributed by atoms with Crippen LogP contribution in [0, 0.1) is 13.8 Å². The standard InChI is InChI=1S/C24H32N2O2S/c1-17(2)25-24(28)20(5)26(14-22-12-7-6-10-19(22)4)23(27)16-29-15-21-11-8-9-18(3)13-21/h6-13,17,20H,14-16H2,1-5H3,(H,25,28)/t20-/m0/s1. The predicted molar refractivity (Wildman–Crippen MR) is 122 cm³/mol. The molecule has 0 bridgehead atoms. The molecular weight excluding hydrogens is 380 g/mol. The molecule has 0 aliphatic rings. The molecule has 0 saturated heterocycles. The summed E-state index contributed by atoms with van der Waals surface area (Å²) in [6.45, 7) is 10.2. The first kappa shape index (κ1) is 23.0. The van der Waals surface area contributed by atoms with Gasteiger partial charge in [0, 0.05) is 18.3 Å². The first-order valence-corrected chi connectivity index (χ1v) is 11.2. The fraction of sp³-hybridized carbons (Fsp3) is 0.417. The molecule has 0 spiro atoms. The maximum atomic E-state index is 13.1. The molecule has 2 aromatic rings. The van der Waals surface area contributed by atoms with Crippen molar-refractivity contribution in [2.24, 2.45) is 0 Å². The van der Waals surface area contributed by atoms with Gasteiger partial charge in [-0.15, -0.1) is 11.8 Å². The van der Waals surface area contributed by atoms with Crippen LogP contribution < -0.4 is 5.32 Å². The van der Waals surface area contributed by atoms with Gasteiger partial charge in [-0.2, -0.15) is 0 Å². The van der Waals surface area contributed by atoms with E-state index < -0.39 is 6.04 Å². The van der Waals surface area contributed by atoms with E-state index in [0.29, 0.717) is 12.3 Å². The molecule has 0 heterocycles. The summed E-state index contributed by atoms with van der Waals surface area (Å²) in [5, 5.41) is 2.93. The molecule has 0 unspecified atom stereocenters. The maximum Gasteiger partial charge on any atom is 0.242 e. The van der Waals surface area contributed by atoms with E-state index in [1.165, 1.54) is 11.1 Å². The van der Waals surface area contributed by atoms with Crippen LogP contribution in [0.4, 0.5) is 0 Å². The number of carbonyl (C=O) groups is 2. The van der Waals surface area contributed by atoms with Crippen molar-refractivity contribution in [3.05, 3.63) is 70.8 Å². The van der Waals surface area contributed by atoms with Gasteiger partial charge in [-0.05, 0) is 51.3 Å². The fourth-order valence-electron chi connectivity index (χ4n) is 3.10. The van der Waals surface area contributed by atoms with Crippen molar-refractivity contribution in [3.8, 4) is 0 Å². The second kappa shape index (κ2) is 11.1. The molecular formula is C24H32N2O2S. The summed E-state index contributed by atoms with van der Waals surface area (Å²) >= 11 is 1.59. The van der Waals surface area contributed by atoms with Crippen LogP contribution in [0.2, 0.25) is 0 Å². The summed E-state index contributed by atoms with van der Waals surface area (Å²) in [7, 11) is 0. The van der Waals surface area contributed by atoms with Gasteiger partial charge in [0.05, 0.1) is 5.75 Å². The van der Waals surface area contributed by atoms with Crippen LogP contribution in [0.5, 0.6) is 0 Å². The lowest BCUT2D eigenvalue weighted by atomic mass is 10.1. The van der Waals surface area contributed by atoms with Crippen molar-refractivity contribution in [2.75, 3.05) is 5.75 Å². The lowest BCUT2D eigenvalue weighted by Gasteiger charge is -2.30. The Kier molecular flexibility index (Phi) is 8.77. The van der Waals surface area contributed by atoms with E-state index in [0.717, 1.165) is 16.9 Å². The minimum absolute atomic E-state index is 0.0164. The van der Waals surface area contributed by atoms with Crippen LogP contribution in [-0.2, 0) is 21.9 Å². The van der Waals surface area contributed by atoms with Crippen LogP contribution in [0.25, 0.3) is 0 Å². The van der Waals surface area contributed by atoms with Crippen molar-refractivity contribution in [1.82, 2.24) is 10.2 Å². The number of carbonyl (C=O) groups excluding carboxylic acids is 2. The molecule has 0 radical (unpaired) electrons. The second-order valence-electron chi connectivity index (χ2n) is 7.77. The number of aryl methyl sites for hydroxylation is 2. The Balaban J connectivity index is 2.09. The average Bonchev–Trinajstić information content (AvgIpc) is 2.66. The van der Waals surface area contributed by atoms with E-state index in [1.807, 2.05) is 51.1 Å². The number of nitrogens with zero attached hydrogens (tertiary/aromatic N) is 1. The Morgan fingerprint density at radius 1 is 1.03 bits per heavy atom. The normalized spacial score (nSPS) is 11.9. The molecule has 156 valence electrons. The molecule has 0 aliphatic heterocycles. The Morgan fingerprint density at radius 2 is 1.76 bits per heavy atom. The van der Waals surface area contributed by atoms with Crippen LogP contribution in [0.15, 0.2) is 48.5 Å². The first-order valence-electron chi connectivity index (χ1n) is 10.1. The zero-order chi connectivity index (χ0) is 21.4. The molecule has 29 heavy (non-hydrogen) atoms. The van der Waals surface area contributed by atoms with Crippen LogP contribution >= 0.6 is 11.8 Å². The van der Waals surface area contributed by atoms with Gasteiger partial charge >= 0.3 is 0 Å². The third-order valence-electron chi connectivity index (χ3n) is 4.78. The highest BCUT2D eigenvalue weighted by Crippen LogP contribution is 2.18. The molecule has 0 aliphatic carbocycles. The first-order chi connectivity index (χ1) is 13.8.